The molecule has 2 aromatic heterocycles. The number of pyridine rings is 2. The van der Waals surface area contributed by atoms with Crippen LogP contribution >= 0.6 is 21.6 Å². The highest BCUT2D eigenvalue weighted by molar-refractivity contribution is 8.76. The van der Waals surface area contributed by atoms with E-state index in [1.54, 1.807) is 74.5 Å². The summed E-state index contributed by atoms with van der Waals surface area (Å²) in [6.45, 7) is 3.33. The van der Waals surface area contributed by atoms with E-state index in [9.17, 15) is 28.8 Å². The second kappa shape index (κ2) is 17.3. The van der Waals surface area contributed by atoms with Crippen LogP contribution in [-0.2, 0) is 23.6 Å². The van der Waals surface area contributed by atoms with Crippen molar-refractivity contribution >= 4 is 45.1 Å². The number of nitrogens with zero attached hydrogens (tertiary/aromatic N) is 2. The number of rotatable bonds is 15. The van der Waals surface area contributed by atoms with Gasteiger partial charge in [0.05, 0.1) is 25.3 Å². The summed E-state index contributed by atoms with van der Waals surface area (Å²) < 4.78 is 12.5. The molecular weight excluding hydrogens is 681 g/mol. The van der Waals surface area contributed by atoms with Gasteiger partial charge in [-0.25, -0.2) is 9.59 Å². The fourth-order valence-corrected chi connectivity index (χ4v) is 7.62. The number of esters is 2. The van der Waals surface area contributed by atoms with Gasteiger partial charge in [0, 0.05) is 59.2 Å². The molecule has 4 aromatic rings. The summed E-state index contributed by atoms with van der Waals surface area (Å²) in [4.78, 5) is 79.0. The van der Waals surface area contributed by atoms with E-state index in [0.717, 1.165) is 0 Å². The molecule has 0 saturated heterocycles. The Hall–Kier alpha value is -4.76. The minimum Gasteiger partial charge on any atom is -0.462 e. The van der Waals surface area contributed by atoms with Crippen LogP contribution in [0.2, 0.25) is 0 Å². The first-order valence-electron chi connectivity index (χ1n) is 15.7. The fraction of sp³-hybridized carbons (Fsp3) is 0.278. The number of ether oxygens (including phenoxy) is 2. The average molecular weight is 719 g/mol. The fourth-order valence-electron chi connectivity index (χ4n) is 5.36. The zero-order valence-corrected chi connectivity index (χ0v) is 29.7. The maximum atomic E-state index is 13.7. The highest BCUT2D eigenvalue weighted by atomic mass is 33.1. The molecule has 262 valence electrons. The zero-order chi connectivity index (χ0) is 36.5. The molecule has 0 aliphatic rings. The van der Waals surface area contributed by atoms with Gasteiger partial charge in [0.15, 0.2) is 11.6 Å². The number of hydrogen-bond donors (Lipinski definition) is 2. The van der Waals surface area contributed by atoms with Gasteiger partial charge in [-0.3, -0.25) is 19.2 Å². The Kier molecular flexibility index (Phi) is 13.1. The summed E-state index contributed by atoms with van der Waals surface area (Å²) in [6, 6.07) is 17.7. The van der Waals surface area contributed by atoms with Crippen LogP contribution in [0, 0.1) is 0 Å². The third-order valence-electron chi connectivity index (χ3n) is 7.75. The van der Waals surface area contributed by atoms with Crippen molar-refractivity contribution in [2.45, 2.75) is 25.9 Å². The average Bonchev–Trinajstić information content (AvgIpc) is 3.12. The molecule has 2 unspecified atom stereocenters. The van der Waals surface area contributed by atoms with Crippen LogP contribution < -0.4 is 22.6 Å². The monoisotopic (exact) mass is 718 g/mol. The van der Waals surface area contributed by atoms with Gasteiger partial charge in [-0.05, 0) is 26.0 Å². The lowest BCUT2D eigenvalue weighted by molar-refractivity contribution is 0.0513. The van der Waals surface area contributed by atoms with E-state index >= 15 is 0 Å². The number of ketones is 2. The van der Waals surface area contributed by atoms with Crippen molar-refractivity contribution in [2.24, 2.45) is 25.6 Å². The van der Waals surface area contributed by atoms with E-state index in [-0.39, 0.29) is 58.4 Å². The molecule has 0 aliphatic heterocycles. The standard InChI is InChI=1S/C36H38N4O8S2/c1-5-47-35(45)25-17-23(31(41)21-13-9-7-10-14-21)29(39(3)33(25)43)27(37)19-49-50-20-28(38)30-24(32(42)22-15-11-8-12-16-22)18-26(34(44)40(30)4)36(46)48-6-2/h7-18,27-28H,5-6,19-20,37-38H2,1-4H3. The molecule has 50 heavy (non-hydrogen) atoms. The quantitative estimate of drug-likeness (QED) is 0.0782. The summed E-state index contributed by atoms with van der Waals surface area (Å²) in [5.41, 5.74) is 12.7. The summed E-state index contributed by atoms with van der Waals surface area (Å²) in [5, 5.41) is 0. The van der Waals surface area contributed by atoms with Gasteiger partial charge in [-0.1, -0.05) is 82.3 Å². The number of carbonyl (C=O) groups is 4. The van der Waals surface area contributed by atoms with Crippen molar-refractivity contribution < 1.29 is 28.7 Å². The van der Waals surface area contributed by atoms with Crippen molar-refractivity contribution in [3.8, 4) is 0 Å². The molecule has 0 saturated carbocycles. The predicted molar refractivity (Wildman–Crippen MR) is 194 cm³/mol. The lowest BCUT2D eigenvalue weighted by Gasteiger charge is -2.22. The molecule has 2 aromatic carbocycles. The topological polar surface area (TPSA) is 183 Å². The maximum Gasteiger partial charge on any atom is 0.343 e. The lowest BCUT2D eigenvalue weighted by atomic mass is 9.97. The second-order valence-electron chi connectivity index (χ2n) is 11.1. The number of carbonyl (C=O) groups excluding carboxylic acids is 4. The molecular formula is C36H38N4O8S2. The van der Waals surface area contributed by atoms with E-state index in [4.69, 9.17) is 20.9 Å². The SMILES string of the molecule is CCOC(=O)c1cc(C(=O)c2ccccc2)c(C(N)CSSCC(N)c2c(C(=O)c3ccccc3)cc(C(=O)OCC)c(=O)n2C)n(C)c1=O. The normalized spacial score (nSPS) is 12.2. The highest BCUT2D eigenvalue weighted by Crippen LogP contribution is 2.32. The van der Waals surface area contributed by atoms with Gasteiger partial charge >= 0.3 is 11.9 Å². The molecule has 14 heteroatoms. The minimum absolute atomic E-state index is 0.0484. The van der Waals surface area contributed by atoms with Crippen LogP contribution in [-0.4, -0.2) is 57.4 Å². The Balaban J connectivity index is 1.61. The van der Waals surface area contributed by atoms with E-state index in [2.05, 4.69) is 0 Å². The highest BCUT2D eigenvalue weighted by Gasteiger charge is 2.28. The molecule has 2 atom stereocenters. The molecule has 12 nitrogen and oxygen atoms in total. The van der Waals surface area contributed by atoms with Gasteiger partial charge in [-0.2, -0.15) is 0 Å². The second-order valence-corrected chi connectivity index (χ2v) is 13.6. The predicted octanol–water partition coefficient (Wildman–Crippen LogP) is 3.98. The number of nitrogens with two attached hydrogens (primary N) is 2. The number of aromatic nitrogens is 2. The van der Waals surface area contributed by atoms with Crippen LogP contribution in [0.4, 0.5) is 0 Å². The smallest absolute Gasteiger partial charge is 0.343 e. The van der Waals surface area contributed by atoms with Gasteiger partial charge < -0.3 is 30.1 Å². The zero-order valence-electron chi connectivity index (χ0n) is 28.0. The summed E-state index contributed by atoms with van der Waals surface area (Å²) in [5.74, 6) is -2.09. The van der Waals surface area contributed by atoms with Gasteiger partial charge in [0.1, 0.15) is 11.1 Å². The minimum atomic E-state index is -0.843. The van der Waals surface area contributed by atoms with E-state index in [1.165, 1.54) is 57.0 Å². The number of benzene rings is 2. The Bertz CT molecular complexity index is 1870. The third kappa shape index (κ3) is 8.33. The van der Waals surface area contributed by atoms with Gasteiger partial charge in [0.25, 0.3) is 11.1 Å². The van der Waals surface area contributed by atoms with Crippen molar-refractivity contribution in [3.63, 3.8) is 0 Å². The van der Waals surface area contributed by atoms with Gasteiger partial charge in [0.2, 0.25) is 0 Å². The summed E-state index contributed by atoms with van der Waals surface area (Å²) in [7, 11) is 5.51. The molecule has 0 amide bonds. The molecule has 0 fully saturated rings. The van der Waals surface area contributed by atoms with Gasteiger partial charge in [-0.15, -0.1) is 0 Å². The molecule has 0 radical (unpaired) electrons. The maximum absolute atomic E-state index is 13.7. The molecule has 4 rings (SSSR count). The van der Waals surface area contributed by atoms with E-state index in [0.29, 0.717) is 11.1 Å². The lowest BCUT2D eigenvalue weighted by Crippen LogP contribution is -2.34. The Labute approximate surface area is 296 Å². The molecule has 2 heterocycles. The first kappa shape index (κ1) is 38.0. The molecule has 4 N–H and O–H groups in total. The Morgan fingerprint density at radius 2 is 0.960 bits per heavy atom. The first-order chi connectivity index (χ1) is 23.9. The van der Waals surface area contributed by atoms with Crippen LogP contribution in [0.1, 0.15) is 89.9 Å². The number of hydrogen-bond acceptors (Lipinski definition) is 12. The van der Waals surface area contributed by atoms with Crippen LogP contribution in [0.15, 0.2) is 82.4 Å². The van der Waals surface area contributed by atoms with E-state index < -0.39 is 46.7 Å². The van der Waals surface area contributed by atoms with E-state index in [1.807, 2.05) is 0 Å². The Morgan fingerprint density at radius 3 is 1.28 bits per heavy atom. The van der Waals surface area contributed by atoms with Crippen molar-refractivity contribution in [1.82, 2.24) is 9.13 Å². The van der Waals surface area contributed by atoms with Crippen molar-refractivity contribution in [1.29, 1.82) is 0 Å². The largest absolute Gasteiger partial charge is 0.462 e. The first-order valence-corrected chi connectivity index (χ1v) is 18.2. The van der Waals surface area contributed by atoms with Crippen LogP contribution in [0.25, 0.3) is 0 Å². The van der Waals surface area contributed by atoms with Crippen LogP contribution in [0.3, 0.4) is 0 Å². The van der Waals surface area contributed by atoms with Crippen LogP contribution in [0.5, 0.6) is 0 Å². The Morgan fingerprint density at radius 1 is 0.620 bits per heavy atom. The summed E-state index contributed by atoms with van der Waals surface area (Å²) >= 11 is 0. The van der Waals surface area contributed by atoms with Crippen molar-refractivity contribution in [3.05, 3.63) is 138 Å². The van der Waals surface area contributed by atoms with Crippen molar-refractivity contribution in [2.75, 3.05) is 24.7 Å². The molecule has 0 aliphatic carbocycles. The molecule has 0 bridgehead atoms. The summed E-state index contributed by atoms with van der Waals surface area (Å²) in [6.07, 6.45) is 0. The third-order valence-corrected chi connectivity index (χ3v) is 10.2. The molecule has 0 spiro atoms.